The first-order chi connectivity index (χ1) is 7.70. The summed E-state index contributed by atoms with van der Waals surface area (Å²) < 4.78 is 2.77. The summed E-state index contributed by atoms with van der Waals surface area (Å²) in [5.41, 5.74) is 7.75. The van der Waals surface area contributed by atoms with Gasteiger partial charge in [-0.15, -0.1) is 0 Å². The number of hydrogen-bond acceptors (Lipinski definition) is 2. The van der Waals surface area contributed by atoms with Crippen molar-refractivity contribution in [2.75, 3.05) is 6.54 Å². The lowest BCUT2D eigenvalue weighted by atomic mass is 10.1. The molecule has 0 radical (unpaired) electrons. The Kier molecular flexibility index (Phi) is 3.63. The predicted octanol–water partition coefficient (Wildman–Crippen LogP) is 2.79. The van der Waals surface area contributed by atoms with Crippen LogP contribution in [-0.4, -0.2) is 16.3 Å². The predicted molar refractivity (Wildman–Crippen MR) is 69.0 cm³/mol. The third-order valence-electron chi connectivity index (χ3n) is 2.26. The summed E-state index contributed by atoms with van der Waals surface area (Å²) >= 11 is 9.31. The zero-order chi connectivity index (χ0) is 11.5. The van der Waals surface area contributed by atoms with E-state index in [2.05, 4.69) is 21.0 Å². The maximum atomic E-state index is 5.86. The molecule has 84 valence electrons. The van der Waals surface area contributed by atoms with E-state index in [0.29, 0.717) is 11.6 Å². The van der Waals surface area contributed by atoms with Crippen LogP contribution in [0.1, 0.15) is 5.56 Å². The van der Waals surface area contributed by atoms with E-state index in [-0.39, 0.29) is 0 Å². The summed E-state index contributed by atoms with van der Waals surface area (Å²) in [5.74, 6) is 0. The first kappa shape index (κ1) is 11.6. The molecule has 5 heteroatoms. The molecule has 0 saturated heterocycles. The summed E-state index contributed by atoms with van der Waals surface area (Å²) in [5, 5.41) is 4.82. The van der Waals surface area contributed by atoms with Gasteiger partial charge in [-0.05, 0) is 30.7 Å². The van der Waals surface area contributed by atoms with Crippen LogP contribution in [0.2, 0.25) is 5.02 Å². The van der Waals surface area contributed by atoms with Crippen molar-refractivity contribution < 1.29 is 0 Å². The average Bonchev–Trinajstić information content (AvgIpc) is 2.68. The van der Waals surface area contributed by atoms with Crippen LogP contribution in [0.15, 0.2) is 35.1 Å². The monoisotopic (exact) mass is 299 g/mol. The fourth-order valence-corrected chi connectivity index (χ4v) is 2.03. The number of hydrogen-bond donors (Lipinski definition) is 1. The Labute approximate surface area is 107 Å². The zero-order valence-electron chi connectivity index (χ0n) is 8.53. The van der Waals surface area contributed by atoms with Gasteiger partial charge in [-0.25, -0.2) is 4.68 Å². The van der Waals surface area contributed by atoms with Gasteiger partial charge in [0.15, 0.2) is 0 Å². The molecule has 1 aromatic carbocycles. The van der Waals surface area contributed by atoms with Crippen molar-refractivity contribution in [2.24, 2.45) is 5.73 Å². The molecule has 1 heterocycles. The molecule has 16 heavy (non-hydrogen) atoms. The highest BCUT2D eigenvalue weighted by molar-refractivity contribution is 9.10. The number of nitrogens with two attached hydrogens (primary N) is 1. The highest BCUT2D eigenvalue weighted by Gasteiger charge is 2.06. The second-order valence-electron chi connectivity index (χ2n) is 3.41. The maximum Gasteiger partial charge on any atom is 0.0790 e. The van der Waals surface area contributed by atoms with E-state index in [0.717, 1.165) is 22.1 Å². The molecule has 2 rings (SSSR count). The molecule has 0 fully saturated rings. The van der Waals surface area contributed by atoms with Gasteiger partial charge in [0.2, 0.25) is 0 Å². The third-order valence-corrected chi connectivity index (χ3v) is 2.95. The van der Waals surface area contributed by atoms with Crippen LogP contribution in [0.5, 0.6) is 0 Å². The molecule has 3 nitrogen and oxygen atoms in total. The second kappa shape index (κ2) is 4.99. The van der Waals surface area contributed by atoms with Crippen molar-refractivity contribution in [3.8, 4) is 5.69 Å². The van der Waals surface area contributed by atoms with Crippen molar-refractivity contribution in [1.29, 1.82) is 0 Å². The molecular weight excluding hydrogens is 289 g/mol. The molecule has 0 aliphatic heterocycles. The second-order valence-corrected chi connectivity index (χ2v) is 4.77. The van der Waals surface area contributed by atoms with Crippen molar-refractivity contribution in [2.45, 2.75) is 6.42 Å². The topological polar surface area (TPSA) is 43.8 Å². The molecule has 1 aromatic heterocycles. The highest BCUT2D eigenvalue weighted by Crippen LogP contribution is 2.21. The van der Waals surface area contributed by atoms with E-state index in [9.17, 15) is 0 Å². The summed E-state index contributed by atoms with van der Waals surface area (Å²) in [4.78, 5) is 0. The molecule has 0 aliphatic rings. The van der Waals surface area contributed by atoms with Crippen molar-refractivity contribution in [3.05, 3.63) is 45.7 Å². The molecule has 2 aromatic rings. The molecule has 0 bridgehead atoms. The number of benzene rings is 1. The highest BCUT2D eigenvalue weighted by atomic mass is 79.9. The Balaban J connectivity index is 2.48. The molecule has 0 amide bonds. The number of rotatable bonds is 3. The van der Waals surface area contributed by atoms with Crippen LogP contribution in [0, 0.1) is 0 Å². The maximum absolute atomic E-state index is 5.86. The van der Waals surface area contributed by atoms with E-state index in [1.165, 1.54) is 0 Å². The van der Waals surface area contributed by atoms with Gasteiger partial charge in [-0.1, -0.05) is 33.6 Å². The molecule has 2 N–H and O–H groups in total. The third kappa shape index (κ3) is 2.45. The number of halogens is 2. The largest absolute Gasteiger partial charge is 0.330 e. The summed E-state index contributed by atoms with van der Waals surface area (Å²) in [6.45, 7) is 0.615. The van der Waals surface area contributed by atoms with Crippen LogP contribution >= 0.6 is 27.5 Å². The fourth-order valence-electron chi connectivity index (χ4n) is 1.55. The van der Waals surface area contributed by atoms with Gasteiger partial charge >= 0.3 is 0 Å². The SMILES string of the molecule is NCCc1ccc(Br)cc1-n1cc(Cl)cn1. The van der Waals surface area contributed by atoms with Crippen LogP contribution in [-0.2, 0) is 6.42 Å². The Morgan fingerprint density at radius 1 is 1.44 bits per heavy atom. The van der Waals surface area contributed by atoms with Crippen molar-refractivity contribution in [3.63, 3.8) is 0 Å². The molecule has 0 unspecified atom stereocenters. The average molecular weight is 301 g/mol. The van der Waals surface area contributed by atoms with Gasteiger partial charge in [-0.2, -0.15) is 5.10 Å². The normalized spacial score (nSPS) is 10.7. The molecular formula is C11H11BrClN3. The first-order valence-electron chi connectivity index (χ1n) is 4.90. The van der Waals surface area contributed by atoms with E-state index in [1.807, 2.05) is 18.2 Å². The van der Waals surface area contributed by atoms with Crippen molar-refractivity contribution in [1.82, 2.24) is 9.78 Å². The van der Waals surface area contributed by atoms with Gasteiger partial charge in [0, 0.05) is 10.7 Å². The van der Waals surface area contributed by atoms with Crippen LogP contribution in [0.3, 0.4) is 0 Å². The minimum Gasteiger partial charge on any atom is -0.330 e. The van der Waals surface area contributed by atoms with Crippen molar-refractivity contribution >= 4 is 27.5 Å². The lowest BCUT2D eigenvalue weighted by Gasteiger charge is -2.09. The van der Waals surface area contributed by atoms with E-state index < -0.39 is 0 Å². The van der Waals surface area contributed by atoms with Crippen LogP contribution < -0.4 is 5.73 Å². The van der Waals surface area contributed by atoms with E-state index in [4.69, 9.17) is 17.3 Å². The minimum atomic E-state index is 0.615. The molecule has 0 saturated carbocycles. The van der Waals surface area contributed by atoms with Gasteiger partial charge in [0.05, 0.1) is 16.9 Å². The Morgan fingerprint density at radius 3 is 2.88 bits per heavy atom. The smallest absolute Gasteiger partial charge is 0.0790 e. The number of aromatic nitrogens is 2. The minimum absolute atomic E-state index is 0.615. The van der Waals surface area contributed by atoms with Gasteiger partial charge in [0.25, 0.3) is 0 Å². The standard InChI is InChI=1S/C11H11BrClN3/c12-9-2-1-8(3-4-14)11(5-9)16-7-10(13)6-15-16/h1-2,5-7H,3-4,14H2. The fraction of sp³-hybridized carbons (Fsp3) is 0.182. The van der Waals surface area contributed by atoms with Crippen LogP contribution in [0.25, 0.3) is 5.69 Å². The Morgan fingerprint density at radius 2 is 2.25 bits per heavy atom. The summed E-state index contributed by atoms with van der Waals surface area (Å²) in [6.07, 6.45) is 4.22. The first-order valence-corrected chi connectivity index (χ1v) is 6.07. The summed E-state index contributed by atoms with van der Waals surface area (Å²) in [6, 6.07) is 6.05. The zero-order valence-corrected chi connectivity index (χ0v) is 10.9. The van der Waals surface area contributed by atoms with E-state index >= 15 is 0 Å². The summed E-state index contributed by atoms with van der Waals surface area (Å²) in [7, 11) is 0. The quantitative estimate of drug-likeness (QED) is 0.947. The van der Waals surface area contributed by atoms with Gasteiger partial charge < -0.3 is 5.73 Å². The van der Waals surface area contributed by atoms with Gasteiger partial charge in [-0.3, -0.25) is 0 Å². The number of nitrogens with zero attached hydrogens (tertiary/aromatic N) is 2. The van der Waals surface area contributed by atoms with Gasteiger partial charge in [0.1, 0.15) is 0 Å². The molecule has 0 aliphatic carbocycles. The Bertz CT molecular complexity index is 496. The van der Waals surface area contributed by atoms with Crippen LogP contribution in [0.4, 0.5) is 0 Å². The Hall–Kier alpha value is -0.840. The lowest BCUT2D eigenvalue weighted by molar-refractivity contribution is 0.850. The molecule has 0 spiro atoms. The van der Waals surface area contributed by atoms with E-state index in [1.54, 1.807) is 17.1 Å². The lowest BCUT2D eigenvalue weighted by Crippen LogP contribution is -2.07. The molecule has 0 atom stereocenters.